The Morgan fingerprint density at radius 2 is 1.72 bits per heavy atom. The average molecular weight is 382 g/mol. The maximum absolute atomic E-state index is 12.7. The molecule has 1 heterocycles. The standard InChI is InChI=1S/C18H27N3O2S2/c1-15-7-5-6-10-17(15)19-18(24)20-11-13-21(14-12-20)25(22,23)16-8-3-2-4-9-16/h2-4,8-9,15,17H,5-7,10-14H2,1H3,(H,19,24)/t15-,17+/m0/s1. The Bertz CT molecular complexity index is 686. The molecule has 0 bridgehead atoms. The number of nitrogens with one attached hydrogen (secondary N) is 1. The highest BCUT2D eigenvalue weighted by molar-refractivity contribution is 7.89. The number of sulfonamides is 1. The summed E-state index contributed by atoms with van der Waals surface area (Å²) in [4.78, 5) is 2.47. The molecular weight excluding hydrogens is 354 g/mol. The van der Waals surface area contributed by atoms with Gasteiger partial charge in [0.2, 0.25) is 10.0 Å². The third-order valence-corrected chi connectivity index (χ3v) is 7.62. The normalized spacial score (nSPS) is 25.6. The van der Waals surface area contributed by atoms with E-state index < -0.39 is 10.0 Å². The van der Waals surface area contributed by atoms with Gasteiger partial charge in [0, 0.05) is 32.2 Å². The van der Waals surface area contributed by atoms with Crippen molar-refractivity contribution in [1.82, 2.24) is 14.5 Å². The van der Waals surface area contributed by atoms with E-state index in [4.69, 9.17) is 12.2 Å². The van der Waals surface area contributed by atoms with Crippen molar-refractivity contribution in [2.45, 2.75) is 43.5 Å². The van der Waals surface area contributed by atoms with Crippen molar-refractivity contribution in [3.8, 4) is 0 Å². The minimum absolute atomic E-state index is 0.361. The van der Waals surface area contributed by atoms with Crippen LogP contribution in [0.3, 0.4) is 0 Å². The summed E-state index contributed by atoms with van der Waals surface area (Å²) in [7, 11) is -3.40. The first-order valence-electron chi connectivity index (χ1n) is 9.09. The molecule has 7 heteroatoms. The number of hydrogen-bond acceptors (Lipinski definition) is 3. The van der Waals surface area contributed by atoms with Gasteiger partial charge in [-0.3, -0.25) is 0 Å². The predicted molar refractivity (Wildman–Crippen MR) is 104 cm³/mol. The fraction of sp³-hybridized carbons (Fsp3) is 0.611. The van der Waals surface area contributed by atoms with E-state index in [0.29, 0.717) is 43.0 Å². The molecule has 0 amide bonds. The topological polar surface area (TPSA) is 52.6 Å². The van der Waals surface area contributed by atoms with Crippen molar-refractivity contribution < 1.29 is 8.42 Å². The minimum Gasteiger partial charge on any atom is -0.360 e. The van der Waals surface area contributed by atoms with Gasteiger partial charge in [0.05, 0.1) is 4.90 Å². The van der Waals surface area contributed by atoms with E-state index in [2.05, 4.69) is 17.1 Å². The highest BCUT2D eigenvalue weighted by atomic mass is 32.2. The monoisotopic (exact) mass is 381 g/mol. The number of thiocarbonyl (C=S) groups is 1. The van der Waals surface area contributed by atoms with Crippen LogP contribution in [0.25, 0.3) is 0 Å². The summed E-state index contributed by atoms with van der Waals surface area (Å²) in [5.74, 6) is 0.645. The van der Waals surface area contributed by atoms with E-state index in [1.807, 2.05) is 6.07 Å². The third kappa shape index (κ3) is 4.33. The van der Waals surface area contributed by atoms with Crippen LogP contribution in [0.4, 0.5) is 0 Å². The van der Waals surface area contributed by atoms with Crippen molar-refractivity contribution >= 4 is 27.4 Å². The Morgan fingerprint density at radius 1 is 1.08 bits per heavy atom. The molecule has 1 aromatic carbocycles. The lowest BCUT2D eigenvalue weighted by molar-refractivity contribution is 0.251. The van der Waals surface area contributed by atoms with Crippen LogP contribution in [0.2, 0.25) is 0 Å². The first-order valence-corrected chi connectivity index (χ1v) is 10.9. The van der Waals surface area contributed by atoms with Crippen LogP contribution >= 0.6 is 12.2 Å². The molecule has 5 nitrogen and oxygen atoms in total. The second-order valence-corrected chi connectivity index (χ2v) is 9.35. The smallest absolute Gasteiger partial charge is 0.243 e. The molecule has 1 aliphatic heterocycles. The molecule has 138 valence electrons. The zero-order chi connectivity index (χ0) is 17.9. The molecular formula is C18H27N3O2S2. The van der Waals surface area contributed by atoms with Crippen LogP contribution in [0.1, 0.15) is 32.6 Å². The van der Waals surface area contributed by atoms with Crippen LogP contribution in [0.5, 0.6) is 0 Å². The Hall–Kier alpha value is -1.18. The molecule has 0 spiro atoms. The van der Waals surface area contributed by atoms with Gasteiger partial charge in [-0.1, -0.05) is 38.0 Å². The van der Waals surface area contributed by atoms with E-state index in [9.17, 15) is 8.42 Å². The van der Waals surface area contributed by atoms with Crippen molar-refractivity contribution in [3.05, 3.63) is 30.3 Å². The van der Waals surface area contributed by atoms with Gasteiger partial charge in [-0.25, -0.2) is 8.42 Å². The van der Waals surface area contributed by atoms with E-state index in [1.165, 1.54) is 25.7 Å². The second-order valence-electron chi connectivity index (χ2n) is 7.02. The minimum atomic E-state index is -3.40. The molecule has 1 saturated carbocycles. The second kappa shape index (κ2) is 8.01. The highest BCUT2D eigenvalue weighted by Gasteiger charge is 2.30. The van der Waals surface area contributed by atoms with Crippen LogP contribution < -0.4 is 5.32 Å². The summed E-state index contributed by atoms with van der Waals surface area (Å²) in [6, 6.07) is 9.10. The van der Waals surface area contributed by atoms with Gasteiger partial charge in [-0.05, 0) is 43.1 Å². The third-order valence-electron chi connectivity index (χ3n) is 5.33. The first-order chi connectivity index (χ1) is 12.0. The number of hydrogen-bond donors (Lipinski definition) is 1. The lowest BCUT2D eigenvalue weighted by Crippen LogP contribution is -2.55. The van der Waals surface area contributed by atoms with E-state index in [-0.39, 0.29) is 0 Å². The van der Waals surface area contributed by atoms with Gasteiger partial charge in [0.25, 0.3) is 0 Å². The Balaban J connectivity index is 1.55. The highest BCUT2D eigenvalue weighted by Crippen LogP contribution is 2.24. The summed E-state index contributed by atoms with van der Waals surface area (Å²) in [5, 5.41) is 4.29. The van der Waals surface area contributed by atoms with Gasteiger partial charge >= 0.3 is 0 Å². The van der Waals surface area contributed by atoms with E-state index >= 15 is 0 Å². The maximum Gasteiger partial charge on any atom is 0.243 e. The summed E-state index contributed by atoms with van der Waals surface area (Å²) in [6.45, 7) is 4.50. The Labute approximate surface area is 156 Å². The molecule has 1 aromatic rings. The summed E-state index contributed by atoms with van der Waals surface area (Å²) in [5.41, 5.74) is 0. The van der Waals surface area contributed by atoms with Gasteiger partial charge in [-0.15, -0.1) is 0 Å². The predicted octanol–water partition coefficient (Wildman–Crippen LogP) is 2.45. The summed E-state index contributed by atoms with van der Waals surface area (Å²) >= 11 is 5.58. The quantitative estimate of drug-likeness (QED) is 0.815. The van der Waals surface area contributed by atoms with E-state index in [0.717, 1.165) is 5.11 Å². The lowest BCUT2D eigenvalue weighted by Gasteiger charge is -2.38. The molecule has 0 unspecified atom stereocenters. The molecule has 2 fully saturated rings. The lowest BCUT2D eigenvalue weighted by atomic mass is 9.86. The Kier molecular flexibility index (Phi) is 5.96. The van der Waals surface area contributed by atoms with Crippen LogP contribution in [-0.2, 0) is 10.0 Å². The fourth-order valence-electron chi connectivity index (χ4n) is 3.65. The number of benzene rings is 1. The van der Waals surface area contributed by atoms with Crippen molar-refractivity contribution in [2.24, 2.45) is 5.92 Å². The zero-order valence-corrected chi connectivity index (χ0v) is 16.4. The van der Waals surface area contributed by atoms with Gasteiger partial charge in [-0.2, -0.15) is 4.31 Å². The summed E-state index contributed by atoms with van der Waals surface area (Å²) in [6.07, 6.45) is 4.99. The van der Waals surface area contributed by atoms with Crippen LogP contribution in [0.15, 0.2) is 35.2 Å². The zero-order valence-electron chi connectivity index (χ0n) is 14.7. The van der Waals surface area contributed by atoms with Crippen molar-refractivity contribution in [2.75, 3.05) is 26.2 Å². The van der Waals surface area contributed by atoms with Crippen LogP contribution in [0, 0.1) is 5.92 Å². The molecule has 0 radical (unpaired) electrons. The molecule has 25 heavy (non-hydrogen) atoms. The molecule has 1 aliphatic carbocycles. The number of rotatable bonds is 3. The molecule has 1 saturated heterocycles. The molecule has 2 aliphatic rings. The number of nitrogens with zero attached hydrogens (tertiary/aromatic N) is 2. The van der Waals surface area contributed by atoms with Gasteiger partial charge in [0.1, 0.15) is 0 Å². The maximum atomic E-state index is 12.7. The number of piperazine rings is 1. The fourth-order valence-corrected chi connectivity index (χ4v) is 5.43. The van der Waals surface area contributed by atoms with Gasteiger partial charge < -0.3 is 10.2 Å². The summed E-state index contributed by atoms with van der Waals surface area (Å²) < 4.78 is 26.9. The molecule has 2 atom stereocenters. The largest absolute Gasteiger partial charge is 0.360 e. The molecule has 0 aromatic heterocycles. The Morgan fingerprint density at radius 3 is 2.36 bits per heavy atom. The SMILES string of the molecule is C[C@H]1CCCC[C@H]1NC(=S)N1CCN(S(=O)(=O)c2ccccc2)CC1. The molecule has 3 rings (SSSR count). The average Bonchev–Trinajstić information content (AvgIpc) is 2.64. The van der Waals surface area contributed by atoms with Gasteiger partial charge in [0.15, 0.2) is 5.11 Å². The van der Waals surface area contributed by atoms with Crippen LogP contribution in [-0.4, -0.2) is 55.0 Å². The van der Waals surface area contributed by atoms with Crippen molar-refractivity contribution in [3.63, 3.8) is 0 Å². The van der Waals surface area contributed by atoms with E-state index in [1.54, 1.807) is 28.6 Å². The molecule has 1 N–H and O–H groups in total. The first kappa shape index (κ1) is 18.6. The van der Waals surface area contributed by atoms with Crippen molar-refractivity contribution in [1.29, 1.82) is 0 Å².